The fraction of sp³-hybridized carbons (Fsp3) is 0.533. The summed E-state index contributed by atoms with van der Waals surface area (Å²) in [6.45, 7) is 2.58. The molecule has 7 heteroatoms. The SMILES string of the molecule is O=C(NCCCOCC1CCCO1)Nc1cc(Cl)ccc1Cl. The van der Waals surface area contributed by atoms with E-state index in [1.165, 1.54) is 0 Å². The second kappa shape index (κ2) is 9.20. The summed E-state index contributed by atoms with van der Waals surface area (Å²) < 4.78 is 11.0. The van der Waals surface area contributed by atoms with Gasteiger partial charge in [-0.2, -0.15) is 0 Å². The molecule has 1 aliphatic heterocycles. The smallest absolute Gasteiger partial charge is 0.319 e. The topological polar surface area (TPSA) is 59.6 Å². The van der Waals surface area contributed by atoms with Gasteiger partial charge in [-0.25, -0.2) is 4.79 Å². The number of amides is 2. The summed E-state index contributed by atoms with van der Waals surface area (Å²) in [7, 11) is 0. The Labute approximate surface area is 140 Å². The van der Waals surface area contributed by atoms with Gasteiger partial charge in [0.25, 0.3) is 0 Å². The van der Waals surface area contributed by atoms with Crippen LogP contribution in [-0.2, 0) is 9.47 Å². The summed E-state index contributed by atoms with van der Waals surface area (Å²) in [5, 5.41) is 6.36. The van der Waals surface area contributed by atoms with E-state index in [-0.39, 0.29) is 12.1 Å². The van der Waals surface area contributed by atoms with E-state index in [4.69, 9.17) is 32.7 Å². The zero-order valence-electron chi connectivity index (χ0n) is 12.2. The zero-order valence-corrected chi connectivity index (χ0v) is 13.8. The number of carbonyl (C=O) groups excluding carboxylic acids is 1. The standard InChI is InChI=1S/C15H20Cl2N2O3/c16-11-4-5-13(17)14(9-11)19-15(20)18-6-2-7-21-10-12-3-1-8-22-12/h4-5,9,12H,1-3,6-8,10H2,(H2,18,19,20). The molecular weight excluding hydrogens is 327 g/mol. The van der Waals surface area contributed by atoms with Crippen LogP contribution >= 0.6 is 23.2 Å². The van der Waals surface area contributed by atoms with E-state index in [0.29, 0.717) is 35.5 Å². The van der Waals surface area contributed by atoms with Crippen LogP contribution in [0.15, 0.2) is 18.2 Å². The molecule has 1 unspecified atom stereocenters. The van der Waals surface area contributed by atoms with Crippen LogP contribution in [0.1, 0.15) is 19.3 Å². The number of hydrogen-bond donors (Lipinski definition) is 2. The second-order valence-electron chi connectivity index (χ2n) is 5.07. The van der Waals surface area contributed by atoms with E-state index in [1.54, 1.807) is 18.2 Å². The van der Waals surface area contributed by atoms with Crippen LogP contribution in [0.5, 0.6) is 0 Å². The van der Waals surface area contributed by atoms with E-state index in [9.17, 15) is 4.79 Å². The van der Waals surface area contributed by atoms with E-state index < -0.39 is 0 Å². The fourth-order valence-electron chi connectivity index (χ4n) is 2.13. The summed E-state index contributed by atoms with van der Waals surface area (Å²) in [6.07, 6.45) is 3.16. The monoisotopic (exact) mass is 346 g/mol. The number of halogens is 2. The highest BCUT2D eigenvalue weighted by atomic mass is 35.5. The van der Waals surface area contributed by atoms with Crippen molar-refractivity contribution in [3.05, 3.63) is 28.2 Å². The lowest BCUT2D eigenvalue weighted by Crippen LogP contribution is -2.30. The molecule has 0 aliphatic carbocycles. The minimum absolute atomic E-state index is 0.237. The lowest BCUT2D eigenvalue weighted by Gasteiger charge is -2.11. The number of ether oxygens (including phenoxy) is 2. The van der Waals surface area contributed by atoms with Crippen LogP contribution < -0.4 is 10.6 Å². The van der Waals surface area contributed by atoms with Gasteiger partial charge in [0.2, 0.25) is 0 Å². The number of rotatable bonds is 7. The first-order valence-electron chi connectivity index (χ1n) is 7.34. The Morgan fingerprint density at radius 1 is 1.41 bits per heavy atom. The van der Waals surface area contributed by atoms with Crippen LogP contribution in [0, 0.1) is 0 Å². The Balaban J connectivity index is 1.56. The summed E-state index contributed by atoms with van der Waals surface area (Å²) in [5.41, 5.74) is 0.487. The van der Waals surface area contributed by atoms with Crippen molar-refractivity contribution in [1.29, 1.82) is 0 Å². The van der Waals surface area contributed by atoms with Crippen LogP contribution in [0.3, 0.4) is 0 Å². The molecule has 0 radical (unpaired) electrons. The molecule has 1 heterocycles. The Bertz CT molecular complexity index is 494. The highest BCUT2D eigenvalue weighted by Crippen LogP contribution is 2.25. The summed E-state index contributed by atoms with van der Waals surface area (Å²) >= 11 is 11.8. The number of nitrogens with one attached hydrogen (secondary N) is 2. The van der Waals surface area contributed by atoms with Gasteiger partial charge in [-0.1, -0.05) is 23.2 Å². The minimum Gasteiger partial charge on any atom is -0.379 e. The average Bonchev–Trinajstić information content (AvgIpc) is 3.00. The van der Waals surface area contributed by atoms with Crippen molar-refractivity contribution in [3.8, 4) is 0 Å². The molecule has 1 fully saturated rings. The van der Waals surface area contributed by atoms with Crippen molar-refractivity contribution in [3.63, 3.8) is 0 Å². The molecule has 1 saturated heterocycles. The quantitative estimate of drug-likeness (QED) is 0.740. The van der Waals surface area contributed by atoms with Gasteiger partial charge in [-0.05, 0) is 37.5 Å². The highest BCUT2D eigenvalue weighted by molar-refractivity contribution is 6.35. The molecule has 22 heavy (non-hydrogen) atoms. The van der Waals surface area contributed by atoms with Gasteiger partial charge in [0.15, 0.2) is 0 Å². The molecule has 2 amide bonds. The van der Waals surface area contributed by atoms with Gasteiger partial charge < -0.3 is 20.1 Å². The summed E-state index contributed by atoms with van der Waals surface area (Å²) in [5.74, 6) is 0. The molecule has 0 spiro atoms. The normalized spacial score (nSPS) is 17.5. The van der Waals surface area contributed by atoms with Crippen molar-refractivity contribution in [2.45, 2.75) is 25.4 Å². The molecule has 122 valence electrons. The Hall–Kier alpha value is -1.01. The van der Waals surface area contributed by atoms with Gasteiger partial charge >= 0.3 is 6.03 Å². The molecule has 1 aromatic carbocycles. The van der Waals surface area contributed by atoms with Crippen molar-refractivity contribution in [2.75, 3.05) is 31.7 Å². The maximum atomic E-state index is 11.7. The largest absolute Gasteiger partial charge is 0.379 e. The number of hydrogen-bond acceptors (Lipinski definition) is 3. The van der Waals surface area contributed by atoms with Gasteiger partial charge in [0.1, 0.15) is 0 Å². The molecule has 0 bridgehead atoms. The third-order valence-corrected chi connectivity index (χ3v) is 3.82. The van der Waals surface area contributed by atoms with Gasteiger partial charge in [-0.3, -0.25) is 0 Å². The predicted molar refractivity (Wildman–Crippen MR) is 87.9 cm³/mol. The maximum absolute atomic E-state index is 11.7. The lowest BCUT2D eigenvalue weighted by atomic mass is 10.2. The fourth-order valence-corrected chi connectivity index (χ4v) is 2.46. The predicted octanol–water partition coefficient (Wildman–Crippen LogP) is 3.70. The molecule has 1 aromatic rings. The van der Waals surface area contributed by atoms with Crippen LogP contribution in [0.2, 0.25) is 10.0 Å². The molecule has 0 saturated carbocycles. The lowest BCUT2D eigenvalue weighted by molar-refractivity contribution is 0.0168. The van der Waals surface area contributed by atoms with Crippen molar-refractivity contribution in [2.24, 2.45) is 0 Å². The molecule has 0 aromatic heterocycles. The zero-order chi connectivity index (χ0) is 15.8. The maximum Gasteiger partial charge on any atom is 0.319 e. The molecule has 5 nitrogen and oxygen atoms in total. The molecule has 1 aliphatic rings. The van der Waals surface area contributed by atoms with Crippen LogP contribution in [0.25, 0.3) is 0 Å². The summed E-state index contributed by atoms with van der Waals surface area (Å²) in [6, 6.07) is 4.59. The number of benzene rings is 1. The van der Waals surface area contributed by atoms with Crippen LogP contribution in [-0.4, -0.2) is 38.5 Å². The number of urea groups is 1. The van der Waals surface area contributed by atoms with Gasteiger partial charge in [0, 0.05) is 24.8 Å². The van der Waals surface area contributed by atoms with Crippen LogP contribution in [0.4, 0.5) is 10.5 Å². The van der Waals surface area contributed by atoms with Crippen molar-refractivity contribution < 1.29 is 14.3 Å². The second-order valence-corrected chi connectivity index (χ2v) is 5.91. The van der Waals surface area contributed by atoms with Gasteiger partial charge in [0.05, 0.1) is 23.4 Å². The van der Waals surface area contributed by atoms with Crippen molar-refractivity contribution in [1.82, 2.24) is 5.32 Å². The Kier molecular flexibility index (Phi) is 7.25. The number of carbonyl (C=O) groups is 1. The van der Waals surface area contributed by atoms with E-state index in [0.717, 1.165) is 25.9 Å². The highest BCUT2D eigenvalue weighted by Gasteiger charge is 2.14. The summed E-state index contributed by atoms with van der Waals surface area (Å²) in [4.78, 5) is 11.7. The van der Waals surface area contributed by atoms with E-state index in [2.05, 4.69) is 10.6 Å². The first kappa shape index (κ1) is 17.3. The molecular formula is C15H20Cl2N2O3. The third-order valence-electron chi connectivity index (χ3n) is 3.26. The molecule has 1 atom stereocenters. The Morgan fingerprint density at radius 3 is 3.05 bits per heavy atom. The minimum atomic E-state index is -0.316. The Morgan fingerprint density at radius 2 is 2.27 bits per heavy atom. The van der Waals surface area contributed by atoms with E-state index >= 15 is 0 Å². The van der Waals surface area contributed by atoms with Gasteiger partial charge in [-0.15, -0.1) is 0 Å². The first-order valence-corrected chi connectivity index (χ1v) is 8.10. The van der Waals surface area contributed by atoms with E-state index in [1.807, 2.05) is 0 Å². The third kappa shape index (κ3) is 6.01. The molecule has 2 rings (SSSR count). The molecule has 2 N–H and O–H groups in total. The average molecular weight is 347 g/mol. The number of anilines is 1. The first-order chi connectivity index (χ1) is 10.6. The van der Waals surface area contributed by atoms with Crippen molar-refractivity contribution >= 4 is 34.9 Å².